The van der Waals surface area contributed by atoms with Crippen molar-refractivity contribution < 1.29 is 9.18 Å². The van der Waals surface area contributed by atoms with E-state index >= 15 is 0 Å². The lowest BCUT2D eigenvalue weighted by Crippen LogP contribution is -2.41. The lowest BCUT2D eigenvalue weighted by Gasteiger charge is -2.20. The second kappa shape index (κ2) is 8.00. The standard InChI is InChI=1S/C16H25FN2O/c1-11(2)7-15(10-18)19-16(20)8-12(3)13-5-4-6-14(17)9-13/h4-6,9,11-12,15H,7-8,10,18H2,1-3H3,(H,19,20). The predicted octanol–water partition coefficient (Wildman–Crippen LogP) is 2.81. The molecule has 2 atom stereocenters. The summed E-state index contributed by atoms with van der Waals surface area (Å²) in [5.74, 6) is 0.180. The quantitative estimate of drug-likeness (QED) is 0.807. The summed E-state index contributed by atoms with van der Waals surface area (Å²) >= 11 is 0. The zero-order chi connectivity index (χ0) is 15.1. The summed E-state index contributed by atoms with van der Waals surface area (Å²) in [6.45, 7) is 6.57. The van der Waals surface area contributed by atoms with Crippen molar-refractivity contribution in [1.82, 2.24) is 5.32 Å². The first kappa shape index (κ1) is 16.6. The van der Waals surface area contributed by atoms with Crippen LogP contribution in [0.25, 0.3) is 0 Å². The Balaban J connectivity index is 2.53. The van der Waals surface area contributed by atoms with Gasteiger partial charge in [0.2, 0.25) is 5.91 Å². The van der Waals surface area contributed by atoms with Crippen LogP contribution < -0.4 is 11.1 Å². The van der Waals surface area contributed by atoms with Gasteiger partial charge in [0.15, 0.2) is 0 Å². The van der Waals surface area contributed by atoms with Crippen molar-refractivity contribution in [2.45, 2.75) is 45.6 Å². The molecule has 0 radical (unpaired) electrons. The highest BCUT2D eigenvalue weighted by molar-refractivity contribution is 5.77. The van der Waals surface area contributed by atoms with Crippen LogP contribution in [0.4, 0.5) is 4.39 Å². The van der Waals surface area contributed by atoms with Crippen LogP contribution in [0.5, 0.6) is 0 Å². The minimum absolute atomic E-state index is 0.0109. The number of halogens is 1. The zero-order valence-electron chi connectivity index (χ0n) is 12.5. The predicted molar refractivity (Wildman–Crippen MR) is 79.9 cm³/mol. The second-order valence-electron chi connectivity index (χ2n) is 5.79. The third kappa shape index (κ3) is 5.70. The van der Waals surface area contributed by atoms with Crippen molar-refractivity contribution in [3.63, 3.8) is 0 Å². The van der Waals surface area contributed by atoms with Crippen molar-refractivity contribution in [3.8, 4) is 0 Å². The maximum absolute atomic E-state index is 13.2. The molecule has 0 aromatic heterocycles. The summed E-state index contributed by atoms with van der Waals surface area (Å²) in [5.41, 5.74) is 6.51. The Kier molecular flexibility index (Phi) is 6.65. The summed E-state index contributed by atoms with van der Waals surface area (Å²) in [4.78, 5) is 12.0. The summed E-state index contributed by atoms with van der Waals surface area (Å²) in [7, 11) is 0. The molecule has 0 fully saturated rings. The van der Waals surface area contributed by atoms with E-state index < -0.39 is 0 Å². The van der Waals surface area contributed by atoms with E-state index in [0.29, 0.717) is 18.9 Å². The smallest absolute Gasteiger partial charge is 0.220 e. The molecule has 2 unspecified atom stereocenters. The summed E-state index contributed by atoms with van der Waals surface area (Å²) in [6.07, 6.45) is 1.22. The number of amides is 1. The van der Waals surface area contributed by atoms with E-state index in [9.17, 15) is 9.18 Å². The van der Waals surface area contributed by atoms with Gasteiger partial charge in [-0.15, -0.1) is 0 Å². The van der Waals surface area contributed by atoms with E-state index in [1.54, 1.807) is 6.07 Å². The Labute approximate surface area is 120 Å². The van der Waals surface area contributed by atoms with Gasteiger partial charge >= 0.3 is 0 Å². The van der Waals surface area contributed by atoms with Gasteiger partial charge in [-0.3, -0.25) is 4.79 Å². The van der Waals surface area contributed by atoms with Gasteiger partial charge in [0.05, 0.1) is 0 Å². The zero-order valence-corrected chi connectivity index (χ0v) is 12.5. The van der Waals surface area contributed by atoms with Gasteiger partial charge in [0.1, 0.15) is 5.82 Å². The number of rotatable bonds is 7. The van der Waals surface area contributed by atoms with Gasteiger partial charge < -0.3 is 11.1 Å². The highest BCUT2D eigenvalue weighted by Crippen LogP contribution is 2.19. The summed E-state index contributed by atoms with van der Waals surface area (Å²) in [6, 6.07) is 6.41. The molecule has 1 rings (SSSR count). The Morgan fingerprint density at radius 3 is 2.60 bits per heavy atom. The van der Waals surface area contributed by atoms with Gasteiger partial charge in [-0.25, -0.2) is 4.39 Å². The lowest BCUT2D eigenvalue weighted by molar-refractivity contribution is -0.122. The molecule has 20 heavy (non-hydrogen) atoms. The van der Waals surface area contributed by atoms with Crippen molar-refractivity contribution in [2.24, 2.45) is 11.7 Å². The third-order valence-electron chi connectivity index (χ3n) is 3.31. The van der Waals surface area contributed by atoms with E-state index in [0.717, 1.165) is 12.0 Å². The molecule has 3 N–H and O–H groups in total. The maximum atomic E-state index is 13.2. The van der Waals surface area contributed by atoms with Gasteiger partial charge in [-0.05, 0) is 36.0 Å². The van der Waals surface area contributed by atoms with Crippen molar-refractivity contribution in [2.75, 3.05) is 6.54 Å². The molecule has 112 valence electrons. The first-order chi connectivity index (χ1) is 9.42. The fourth-order valence-electron chi connectivity index (χ4n) is 2.28. The normalized spacial score (nSPS) is 14.1. The van der Waals surface area contributed by atoms with Gasteiger partial charge in [0.25, 0.3) is 0 Å². The molecule has 0 saturated heterocycles. The fourth-order valence-corrected chi connectivity index (χ4v) is 2.28. The Hall–Kier alpha value is -1.42. The second-order valence-corrected chi connectivity index (χ2v) is 5.79. The molecule has 4 heteroatoms. The molecule has 0 saturated carbocycles. The Bertz CT molecular complexity index is 434. The molecule has 0 aliphatic heterocycles. The molecule has 0 aliphatic carbocycles. The van der Waals surface area contributed by atoms with E-state index in [1.165, 1.54) is 12.1 Å². The molecule has 1 aromatic carbocycles. The largest absolute Gasteiger partial charge is 0.352 e. The first-order valence-electron chi connectivity index (χ1n) is 7.17. The number of nitrogens with one attached hydrogen (secondary N) is 1. The molecular formula is C16H25FN2O. The van der Waals surface area contributed by atoms with Crippen LogP contribution in [0.15, 0.2) is 24.3 Å². The minimum atomic E-state index is -0.269. The van der Waals surface area contributed by atoms with Crippen LogP contribution in [-0.4, -0.2) is 18.5 Å². The highest BCUT2D eigenvalue weighted by atomic mass is 19.1. The monoisotopic (exact) mass is 280 g/mol. The Morgan fingerprint density at radius 1 is 1.35 bits per heavy atom. The molecule has 0 aliphatic rings. The van der Waals surface area contributed by atoms with Crippen molar-refractivity contribution in [3.05, 3.63) is 35.6 Å². The average molecular weight is 280 g/mol. The summed E-state index contributed by atoms with van der Waals surface area (Å²) in [5, 5.41) is 2.96. The summed E-state index contributed by atoms with van der Waals surface area (Å²) < 4.78 is 13.2. The van der Waals surface area contributed by atoms with Crippen LogP contribution in [0.2, 0.25) is 0 Å². The molecule has 0 spiro atoms. The SMILES string of the molecule is CC(C)CC(CN)NC(=O)CC(C)c1cccc(F)c1. The van der Waals surface area contributed by atoms with Crippen LogP contribution in [-0.2, 0) is 4.79 Å². The van der Waals surface area contributed by atoms with Crippen molar-refractivity contribution in [1.29, 1.82) is 0 Å². The van der Waals surface area contributed by atoms with Gasteiger partial charge in [-0.2, -0.15) is 0 Å². The maximum Gasteiger partial charge on any atom is 0.220 e. The lowest BCUT2D eigenvalue weighted by atomic mass is 9.97. The van der Waals surface area contributed by atoms with E-state index in [-0.39, 0.29) is 23.7 Å². The fraction of sp³-hybridized carbons (Fsp3) is 0.562. The van der Waals surface area contributed by atoms with Crippen LogP contribution in [0.1, 0.15) is 45.1 Å². The third-order valence-corrected chi connectivity index (χ3v) is 3.31. The van der Waals surface area contributed by atoms with Gasteiger partial charge in [0, 0.05) is 19.0 Å². The number of hydrogen-bond acceptors (Lipinski definition) is 2. The average Bonchev–Trinajstić information content (AvgIpc) is 2.37. The number of hydrogen-bond donors (Lipinski definition) is 2. The van der Waals surface area contributed by atoms with E-state index in [4.69, 9.17) is 5.73 Å². The topological polar surface area (TPSA) is 55.1 Å². The van der Waals surface area contributed by atoms with Crippen LogP contribution >= 0.6 is 0 Å². The number of carbonyl (C=O) groups excluding carboxylic acids is 1. The van der Waals surface area contributed by atoms with E-state index in [1.807, 2.05) is 13.0 Å². The Morgan fingerprint density at radius 2 is 2.05 bits per heavy atom. The minimum Gasteiger partial charge on any atom is -0.352 e. The molecule has 3 nitrogen and oxygen atoms in total. The highest BCUT2D eigenvalue weighted by Gasteiger charge is 2.16. The number of carbonyl (C=O) groups is 1. The van der Waals surface area contributed by atoms with Crippen LogP contribution in [0.3, 0.4) is 0 Å². The van der Waals surface area contributed by atoms with E-state index in [2.05, 4.69) is 19.2 Å². The first-order valence-corrected chi connectivity index (χ1v) is 7.17. The molecule has 0 bridgehead atoms. The van der Waals surface area contributed by atoms with Crippen molar-refractivity contribution >= 4 is 5.91 Å². The molecule has 1 aromatic rings. The number of nitrogens with two attached hydrogens (primary N) is 1. The molecule has 1 amide bonds. The molecular weight excluding hydrogens is 255 g/mol. The van der Waals surface area contributed by atoms with Crippen LogP contribution in [0, 0.1) is 11.7 Å². The van der Waals surface area contributed by atoms with Gasteiger partial charge in [-0.1, -0.05) is 32.9 Å². The molecule has 0 heterocycles. The number of benzene rings is 1.